The van der Waals surface area contributed by atoms with Crippen molar-refractivity contribution in [2.75, 3.05) is 51.1 Å². The Kier molecular flexibility index (Phi) is 5.30. The second-order valence-electron chi connectivity index (χ2n) is 6.83. The zero-order valence-corrected chi connectivity index (χ0v) is 14.3. The Morgan fingerprint density at radius 3 is 2.70 bits per heavy atom. The highest BCUT2D eigenvalue weighted by atomic mass is 16.2. The Morgan fingerprint density at radius 2 is 2.04 bits per heavy atom. The van der Waals surface area contributed by atoms with Gasteiger partial charge in [0.25, 0.3) is 0 Å². The summed E-state index contributed by atoms with van der Waals surface area (Å²) in [7, 11) is 0. The lowest BCUT2D eigenvalue weighted by Crippen LogP contribution is -2.52. The Bertz CT molecular complexity index is 546. The third-order valence-electron chi connectivity index (χ3n) is 4.98. The molecule has 23 heavy (non-hydrogen) atoms. The molecular formula is C18H28N4O. The van der Waals surface area contributed by atoms with E-state index >= 15 is 0 Å². The minimum absolute atomic E-state index is 0.0907. The van der Waals surface area contributed by atoms with Crippen molar-refractivity contribution in [1.29, 1.82) is 0 Å². The number of nitrogens with one attached hydrogen (secondary N) is 2. The zero-order chi connectivity index (χ0) is 16.2. The topological polar surface area (TPSA) is 47.6 Å². The van der Waals surface area contributed by atoms with Gasteiger partial charge >= 0.3 is 0 Å². The molecule has 1 aromatic rings. The molecule has 5 heteroatoms. The van der Waals surface area contributed by atoms with Crippen LogP contribution in [-0.2, 0) is 4.79 Å². The maximum Gasteiger partial charge on any atom is 0.238 e. The van der Waals surface area contributed by atoms with Crippen LogP contribution >= 0.6 is 0 Å². The Hall–Kier alpha value is -1.43. The predicted molar refractivity (Wildman–Crippen MR) is 93.8 cm³/mol. The van der Waals surface area contributed by atoms with E-state index in [9.17, 15) is 4.79 Å². The van der Waals surface area contributed by atoms with Gasteiger partial charge in [-0.25, -0.2) is 0 Å². The van der Waals surface area contributed by atoms with Crippen molar-refractivity contribution in [2.24, 2.45) is 0 Å². The van der Waals surface area contributed by atoms with Gasteiger partial charge in [-0.1, -0.05) is 17.7 Å². The van der Waals surface area contributed by atoms with Crippen molar-refractivity contribution >= 4 is 11.6 Å². The number of anilines is 1. The van der Waals surface area contributed by atoms with Gasteiger partial charge in [-0.3, -0.25) is 14.6 Å². The van der Waals surface area contributed by atoms with Crippen LogP contribution in [0.4, 0.5) is 5.69 Å². The molecule has 2 N–H and O–H groups in total. The minimum atomic E-state index is 0.0907. The first-order valence-electron chi connectivity index (χ1n) is 8.66. The van der Waals surface area contributed by atoms with Crippen molar-refractivity contribution in [3.05, 3.63) is 29.3 Å². The van der Waals surface area contributed by atoms with Gasteiger partial charge in [0.1, 0.15) is 0 Å². The number of nitrogens with zero attached hydrogens (tertiary/aromatic N) is 2. The summed E-state index contributed by atoms with van der Waals surface area (Å²) in [5.41, 5.74) is 3.27. The van der Waals surface area contributed by atoms with Crippen LogP contribution in [0, 0.1) is 13.8 Å². The molecule has 3 rings (SSSR count). The molecule has 2 aliphatic rings. The van der Waals surface area contributed by atoms with Crippen LogP contribution in [-0.4, -0.2) is 67.6 Å². The molecule has 1 amide bonds. The predicted octanol–water partition coefficient (Wildman–Crippen LogP) is 1.22. The average Bonchev–Trinajstić information content (AvgIpc) is 3.05. The van der Waals surface area contributed by atoms with E-state index in [0.717, 1.165) is 50.5 Å². The average molecular weight is 316 g/mol. The quantitative estimate of drug-likeness (QED) is 0.877. The van der Waals surface area contributed by atoms with E-state index in [1.54, 1.807) is 0 Å². The van der Waals surface area contributed by atoms with E-state index in [0.29, 0.717) is 12.6 Å². The van der Waals surface area contributed by atoms with Gasteiger partial charge in [-0.2, -0.15) is 0 Å². The maximum absolute atomic E-state index is 12.3. The summed E-state index contributed by atoms with van der Waals surface area (Å²) in [6.07, 6.45) is 1.26. The van der Waals surface area contributed by atoms with E-state index in [4.69, 9.17) is 0 Å². The Balaban J connectivity index is 1.45. The molecule has 2 fully saturated rings. The van der Waals surface area contributed by atoms with E-state index in [1.165, 1.54) is 12.0 Å². The van der Waals surface area contributed by atoms with Crippen LogP contribution in [0.3, 0.4) is 0 Å². The number of aryl methyl sites for hydroxylation is 2. The number of rotatable bonds is 4. The maximum atomic E-state index is 12.3. The number of hydrogen-bond acceptors (Lipinski definition) is 4. The van der Waals surface area contributed by atoms with Crippen LogP contribution in [0.1, 0.15) is 17.5 Å². The standard InChI is InChI=1S/C18H28N4O/c1-14-3-4-17(15(2)11-14)20-18(23)13-21-7-9-22(10-8-21)16-5-6-19-12-16/h3-4,11,16,19H,5-10,12-13H2,1-2H3,(H,20,23). The van der Waals surface area contributed by atoms with Gasteiger partial charge in [0.2, 0.25) is 5.91 Å². The van der Waals surface area contributed by atoms with E-state index in [-0.39, 0.29) is 5.91 Å². The second-order valence-corrected chi connectivity index (χ2v) is 6.83. The molecule has 1 atom stereocenters. The van der Waals surface area contributed by atoms with Crippen LogP contribution in [0.5, 0.6) is 0 Å². The lowest BCUT2D eigenvalue weighted by atomic mass is 10.1. The van der Waals surface area contributed by atoms with Gasteiger partial charge in [0.15, 0.2) is 0 Å². The van der Waals surface area contributed by atoms with E-state index in [2.05, 4.69) is 33.4 Å². The Morgan fingerprint density at radius 1 is 1.26 bits per heavy atom. The van der Waals surface area contributed by atoms with E-state index in [1.807, 2.05) is 19.1 Å². The highest BCUT2D eigenvalue weighted by molar-refractivity contribution is 5.93. The number of hydrogen-bond donors (Lipinski definition) is 2. The third kappa shape index (κ3) is 4.31. The van der Waals surface area contributed by atoms with Crippen molar-refractivity contribution in [3.8, 4) is 0 Å². The summed E-state index contributed by atoms with van der Waals surface area (Å²) in [4.78, 5) is 17.1. The van der Waals surface area contributed by atoms with Gasteiger partial charge in [-0.15, -0.1) is 0 Å². The molecule has 2 aliphatic heterocycles. The first-order valence-corrected chi connectivity index (χ1v) is 8.66. The van der Waals surface area contributed by atoms with Crippen molar-refractivity contribution in [2.45, 2.75) is 26.3 Å². The molecular weight excluding hydrogens is 288 g/mol. The number of piperazine rings is 1. The molecule has 0 aliphatic carbocycles. The first kappa shape index (κ1) is 16.4. The lowest BCUT2D eigenvalue weighted by molar-refractivity contribution is -0.117. The normalized spacial score (nSPS) is 23.1. The molecule has 5 nitrogen and oxygen atoms in total. The molecule has 1 aromatic carbocycles. The third-order valence-corrected chi connectivity index (χ3v) is 4.98. The Labute approximate surface area is 139 Å². The number of amides is 1. The molecule has 0 spiro atoms. The summed E-state index contributed by atoms with van der Waals surface area (Å²) in [6.45, 7) is 11.0. The second kappa shape index (κ2) is 7.43. The summed E-state index contributed by atoms with van der Waals surface area (Å²) in [6, 6.07) is 6.83. The van der Waals surface area contributed by atoms with Crippen molar-refractivity contribution in [1.82, 2.24) is 15.1 Å². The van der Waals surface area contributed by atoms with Crippen molar-refractivity contribution < 1.29 is 4.79 Å². The van der Waals surface area contributed by atoms with Gasteiger partial charge in [0, 0.05) is 44.5 Å². The highest BCUT2D eigenvalue weighted by Crippen LogP contribution is 2.16. The molecule has 0 saturated carbocycles. The van der Waals surface area contributed by atoms with Crippen LogP contribution in [0.25, 0.3) is 0 Å². The SMILES string of the molecule is Cc1ccc(NC(=O)CN2CCN(C3CCNC3)CC2)c(C)c1. The fourth-order valence-corrected chi connectivity index (χ4v) is 3.58. The van der Waals surface area contributed by atoms with Crippen molar-refractivity contribution in [3.63, 3.8) is 0 Å². The number of carbonyl (C=O) groups excluding carboxylic acids is 1. The van der Waals surface area contributed by atoms with Gasteiger partial charge < -0.3 is 10.6 Å². The lowest BCUT2D eigenvalue weighted by Gasteiger charge is -2.37. The molecule has 1 unspecified atom stereocenters. The summed E-state index contributed by atoms with van der Waals surface area (Å²) in [5.74, 6) is 0.0907. The van der Waals surface area contributed by atoms with Gasteiger partial charge in [0.05, 0.1) is 6.54 Å². The summed E-state index contributed by atoms with van der Waals surface area (Å²) in [5, 5.41) is 6.48. The smallest absolute Gasteiger partial charge is 0.238 e. The number of carbonyl (C=O) groups is 1. The minimum Gasteiger partial charge on any atom is -0.325 e. The molecule has 0 radical (unpaired) electrons. The molecule has 0 bridgehead atoms. The van der Waals surface area contributed by atoms with Crippen LogP contribution < -0.4 is 10.6 Å². The fourth-order valence-electron chi connectivity index (χ4n) is 3.58. The molecule has 126 valence electrons. The van der Waals surface area contributed by atoms with E-state index < -0.39 is 0 Å². The highest BCUT2D eigenvalue weighted by Gasteiger charge is 2.26. The molecule has 2 heterocycles. The molecule has 2 saturated heterocycles. The summed E-state index contributed by atoms with van der Waals surface area (Å²) >= 11 is 0. The van der Waals surface area contributed by atoms with Crippen LogP contribution in [0.15, 0.2) is 18.2 Å². The largest absolute Gasteiger partial charge is 0.325 e. The monoisotopic (exact) mass is 316 g/mol. The number of benzene rings is 1. The van der Waals surface area contributed by atoms with Gasteiger partial charge in [-0.05, 0) is 38.4 Å². The van der Waals surface area contributed by atoms with Crippen LogP contribution in [0.2, 0.25) is 0 Å². The first-order chi connectivity index (χ1) is 11.1. The molecule has 0 aromatic heterocycles. The summed E-state index contributed by atoms with van der Waals surface area (Å²) < 4.78 is 0. The fraction of sp³-hybridized carbons (Fsp3) is 0.611. The zero-order valence-electron chi connectivity index (χ0n) is 14.3.